The molecule has 1 aliphatic heterocycles. The van der Waals surface area contributed by atoms with Gasteiger partial charge in [-0.05, 0) is 17.9 Å². The number of hydrogen-bond acceptors (Lipinski definition) is 13. The molecule has 1 aliphatic carbocycles. The van der Waals surface area contributed by atoms with Gasteiger partial charge in [0.1, 0.15) is 17.3 Å². The first kappa shape index (κ1) is 28.6. The molecule has 5 rings (SSSR count). The van der Waals surface area contributed by atoms with Crippen molar-refractivity contribution in [1.29, 1.82) is 5.26 Å². The summed E-state index contributed by atoms with van der Waals surface area (Å²) < 4.78 is 11.6. The molecule has 0 saturated heterocycles. The number of nitriles is 1. The first-order valence-corrected chi connectivity index (χ1v) is 15.2. The Morgan fingerprint density at radius 2 is 2.10 bits per heavy atom. The summed E-state index contributed by atoms with van der Waals surface area (Å²) in [7, 11) is 3.09. The number of amides is 1. The summed E-state index contributed by atoms with van der Waals surface area (Å²) in [5, 5.41) is 24.4. The number of anilines is 2. The zero-order valence-electron chi connectivity index (χ0n) is 22.8. The van der Waals surface area contributed by atoms with Crippen molar-refractivity contribution in [3.8, 4) is 17.6 Å². The van der Waals surface area contributed by atoms with Crippen molar-refractivity contribution in [2.24, 2.45) is 11.1 Å². The minimum Gasteiger partial charge on any atom is -0.497 e. The number of nitrogens with one attached hydrogen (secondary N) is 1. The number of rotatable bonds is 8. The van der Waals surface area contributed by atoms with Gasteiger partial charge in [-0.2, -0.15) is 5.26 Å². The molecular formula is C27H27N7O4S3. The number of carbonyl (C=O) groups is 2. The van der Waals surface area contributed by atoms with Crippen LogP contribution in [0.15, 0.2) is 56.8 Å². The van der Waals surface area contributed by atoms with Crippen molar-refractivity contribution < 1.29 is 19.1 Å². The van der Waals surface area contributed by atoms with Gasteiger partial charge in [0.15, 0.2) is 15.3 Å². The van der Waals surface area contributed by atoms with Crippen LogP contribution in [0.2, 0.25) is 0 Å². The number of benzene rings is 1. The normalized spacial score (nSPS) is 18.2. The SMILES string of the molecule is COc1ccc(C2C(C#N)=C(N)N(c3nnc(SCC(=O)Nc4nccs4)s3)C3=C2C(=O)CC(C)(C)C3)c(OC)c1. The number of hydrogen-bond donors (Lipinski definition) is 2. The summed E-state index contributed by atoms with van der Waals surface area (Å²) in [6.07, 6.45) is 2.46. The second-order valence-corrected chi connectivity index (χ2v) is 13.2. The summed E-state index contributed by atoms with van der Waals surface area (Å²) in [6, 6.07) is 7.55. The molecule has 0 spiro atoms. The third-order valence-corrected chi connectivity index (χ3v) is 9.46. The quantitative estimate of drug-likeness (QED) is 0.342. The van der Waals surface area contributed by atoms with Gasteiger partial charge in [0.2, 0.25) is 11.0 Å². The van der Waals surface area contributed by atoms with Crippen LogP contribution in [0.25, 0.3) is 0 Å². The fourth-order valence-electron chi connectivity index (χ4n) is 5.01. The van der Waals surface area contributed by atoms with Crippen molar-refractivity contribution in [3.63, 3.8) is 0 Å². The molecule has 14 heteroatoms. The molecule has 1 unspecified atom stereocenters. The predicted molar refractivity (Wildman–Crippen MR) is 158 cm³/mol. The molecule has 1 atom stereocenters. The number of carbonyl (C=O) groups excluding carboxylic acids is 2. The molecule has 0 bridgehead atoms. The molecule has 3 aromatic rings. The van der Waals surface area contributed by atoms with Gasteiger partial charge in [-0.1, -0.05) is 43.0 Å². The Morgan fingerprint density at radius 1 is 1.29 bits per heavy atom. The van der Waals surface area contributed by atoms with Crippen molar-refractivity contribution >= 4 is 56.4 Å². The van der Waals surface area contributed by atoms with Gasteiger partial charge in [-0.15, -0.1) is 21.5 Å². The Hall–Kier alpha value is -3.93. The molecule has 41 heavy (non-hydrogen) atoms. The molecule has 3 heterocycles. The first-order chi connectivity index (χ1) is 19.7. The highest BCUT2D eigenvalue weighted by molar-refractivity contribution is 8.01. The molecule has 0 fully saturated rings. The second-order valence-electron chi connectivity index (χ2n) is 10.1. The van der Waals surface area contributed by atoms with Crippen molar-refractivity contribution in [2.45, 2.75) is 36.9 Å². The third kappa shape index (κ3) is 5.65. The Balaban J connectivity index is 1.54. The topological polar surface area (TPSA) is 156 Å². The molecule has 3 N–H and O–H groups in total. The van der Waals surface area contributed by atoms with Crippen LogP contribution in [0.3, 0.4) is 0 Å². The van der Waals surface area contributed by atoms with E-state index in [1.807, 2.05) is 13.8 Å². The Labute approximate surface area is 249 Å². The van der Waals surface area contributed by atoms with Gasteiger partial charge in [0.05, 0.1) is 37.5 Å². The van der Waals surface area contributed by atoms with Crippen LogP contribution in [0.4, 0.5) is 10.3 Å². The van der Waals surface area contributed by atoms with E-state index < -0.39 is 5.92 Å². The van der Waals surface area contributed by atoms with Crippen molar-refractivity contribution in [3.05, 3.63) is 58.0 Å². The standard InChI is InChI=1S/C27H27N7O4S3/c1-27(2)10-17-22(18(35)11-27)21(15-6-5-14(37-3)9-19(15)38-4)16(12-28)23(29)34(17)25-32-33-26(41-25)40-13-20(36)31-24-30-7-8-39-24/h5-9,21H,10-11,13,29H2,1-4H3,(H,30,31,36). The van der Waals surface area contributed by atoms with E-state index in [-0.39, 0.29) is 34.3 Å². The minimum atomic E-state index is -0.716. The van der Waals surface area contributed by atoms with Gasteiger partial charge >= 0.3 is 0 Å². The lowest BCUT2D eigenvalue weighted by atomic mass is 9.68. The third-order valence-electron chi connectivity index (χ3n) is 6.73. The van der Waals surface area contributed by atoms with Crippen molar-refractivity contribution in [1.82, 2.24) is 15.2 Å². The van der Waals surface area contributed by atoms with Crippen LogP contribution in [0.1, 0.15) is 38.2 Å². The number of allylic oxidation sites excluding steroid dienone is 3. The number of thioether (sulfide) groups is 1. The van der Waals surface area contributed by atoms with Gasteiger partial charge in [0, 0.05) is 40.9 Å². The zero-order valence-corrected chi connectivity index (χ0v) is 25.2. The monoisotopic (exact) mass is 609 g/mol. The highest BCUT2D eigenvalue weighted by Crippen LogP contribution is 2.52. The molecule has 1 aromatic carbocycles. The average Bonchev–Trinajstić information content (AvgIpc) is 3.62. The highest BCUT2D eigenvalue weighted by atomic mass is 32.2. The van der Waals surface area contributed by atoms with E-state index in [2.05, 4.69) is 26.6 Å². The Bertz CT molecular complexity index is 1600. The maximum Gasteiger partial charge on any atom is 0.236 e. The summed E-state index contributed by atoms with van der Waals surface area (Å²) in [5.41, 5.74) is 8.41. The second kappa shape index (κ2) is 11.5. The van der Waals surface area contributed by atoms with E-state index in [9.17, 15) is 14.9 Å². The largest absolute Gasteiger partial charge is 0.497 e. The molecule has 1 amide bonds. The number of nitrogens with two attached hydrogens (primary N) is 1. The van der Waals surface area contributed by atoms with Gasteiger partial charge in [-0.25, -0.2) is 4.98 Å². The Morgan fingerprint density at radius 3 is 2.78 bits per heavy atom. The van der Waals surface area contributed by atoms with Crippen LogP contribution in [-0.2, 0) is 9.59 Å². The van der Waals surface area contributed by atoms with E-state index in [0.29, 0.717) is 55.8 Å². The maximum atomic E-state index is 13.8. The summed E-state index contributed by atoms with van der Waals surface area (Å²) in [5.74, 6) is 0.360. The number of thiazole rings is 1. The lowest BCUT2D eigenvalue weighted by molar-refractivity contribution is -0.118. The summed E-state index contributed by atoms with van der Waals surface area (Å²) in [6.45, 7) is 4.05. The zero-order chi connectivity index (χ0) is 29.3. The van der Waals surface area contributed by atoms with Gasteiger partial charge in [0.25, 0.3) is 0 Å². The molecule has 2 aliphatic rings. The van der Waals surface area contributed by atoms with E-state index in [4.69, 9.17) is 15.2 Å². The van der Waals surface area contributed by atoms with Crippen LogP contribution < -0.4 is 25.4 Å². The molecule has 2 aromatic heterocycles. The van der Waals surface area contributed by atoms with E-state index in [1.54, 1.807) is 41.8 Å². The van der Waals surface area contributed by atoms with Gasteiger partial charge < -0.3 is 20.5 Å². The molecule has 11 nitrogen and oxygen atoms in total. The maximum absolute atomic E-state index is 13.8. The summed E-state index contributed by atoms with van der Waals surface area (Å²) >= 11 is 3.80. The van der Waals surface area contributed by atoms with Crippen molar-refractivity contribution in [2.75, 3.05) is 30.2 Å². The molecule has 0 saturated carbocycles. The number of ether oxygens (including phenoxy) is 2. The van der Waals surface area contributed by atoms with Crippen LogP contribution in [0.5, 0.6) is 11.5 Å². The molecule has 212 valence electrons. The molecular weight excluding hydrogens is 583 g/mol. The number of nitrogens with zero attached hydrogens (tertiary/aromatic N) is 5. The smallest absolute Gasteiger partial charge is 0.236 e. The number of Topliss-reactive ketones (excluding diaryl/α,β-unsaturated/α-hetero) is 1. The van der Waals surface area contributed by atoms with E-state index in [0.717, 1.165) is 0 Å². The molecule has 0 radical (unpaired) electrons. The summed E-state index contributed by atoms with van der Waals surface area (Å²) in [4.78, 5) is 31.9. The van der Waals surface area contributed by atoms with E-state index in [1.165, 1.54) is 41.5 Å². The van der Waals surface area contributed by atoms with Crippen LogP contribution in [0, 0.1) is 16.7 Å². The van der Waals surface area contributed by atoms with Crippen LogP contribution >= 0.6 is 34.4 Å². The lowest BCUT2D eigenvalue weighted by Gasteiger charge is -2.42. The average molecular weight is 610 g/mol. The first-order valence-electron chi connectivity index (χ1n) is 12.5. The van der Waals surface area contributed by atoms with Gasteiger partial charge in [-0.3, -0.25) is 14.5 Å². The minimum absolute atomic E-state index is 0.0673. The fourth-order valence-corrected chi connectivity index (χ4v) is 7.24. The number of aromatic nitrogens is 3. The van der Waals surface area contributed by atoms with E-state index >= 15 is 0 Å². The number of methoxy groups -OCH3 is 2. The predicted octanol–water partition coefficient (Wildman–Crippen LogP) is 4.68. The highest BCUT2D eigenvalue weighted by Gasteiger charge is 2.46. The number of ketones is 1. The lowest BCUT2D eigenvalue weighted by Crippen LogP contribution is -2.42. The fraction of sp³-hybridized carbons (Fsp3) is 0.333. The van der Waals surface area contributed by atoms with Crippen LogP contribution in [-0.4, -0.2) is 46.8 Å². The Kier molecular flexibility index (Phi) is 8.03.